The molecule has 1 fully saturated rings. The molecule has 0 amide bonds. The highest BCUT2D eigenvalue weighted by Crippen LogP contribution is 2.25. The van der Waals surface area contributed by atoms with Gasteiger partial charge in [0.15, 0.2) is 0 Å². The van der Waals surface area contributed by atoms with Gasteiger partial charge in [-0.1, -0.05) is 20.3 Å². The SMILES string of the molecule is CCCC(C)COc1nc(C)cc(C)c1CNC1CC1. The molecule has 0 aliphatic heterocycles. The number of rotatable bonds is 8. The molecule has 1 aliphatic carbocycles. The molecule has 0 spiro atoms. The monoisotopic (exact) mass is 276 g/mol. The topological polar surface area (TPSA) is 34.1 Å². The van der Waals surface area contributed by atoms with Gasteiger partial charge in [-0.2, -0.15) is 0 Å². The Balaban J connectivity index is 2.03. The Morgan fingerprint density at radius 1 is 1.40 bits per heavy atom. The van der Waals surface area contributed by atoms with Crippen molar-refractivity contribution in [2.75, 3.05) is 6.61 Å². The van der Waals surface area contributed by atoms with Crippen molar-refractivity contribution in [2.24, 2.45) is 5.92 Å². The summed E-state index contributed by atoms with van der Waals surface area (Å²) in [7, 11) is 0. The van der Waals surface area contributed by atoms with Crippen molar-refractivity contribution in [3.63, 3.8) is 0 Å². The van der Waals surface area contributed by atoms with Gasteiger partial charge in [0.2, 0.25) is 5.88 Å². The van der Waals surface area contributed by atoms with Crippen LogP contribution in [0.15, 0.2) is 6.07 Å². The predicted octanol–water partition coefficient (Wildman–Crippen LogP) is 3.77. The zero-order chi connectivity index (χ0) is 14.5. The Labute approximate surface area is 123 Å². The van der Waals surface area contributed by atoms with Crippen molar-refractivity contribution >= 4 is 0 Å². The highest BCUT2D eigenvalue weighted by molar-refractivity contribution is 5.36. The summed E-state index contributed by atoms with van der Waals surface area (Å²) in [6, 6.07) is 2.86. The van der Waals surface area contributed by atoms with Crippen molar-refractivity contribution in [1.82, 2.24) is 10.3 Å². The fourth-order valence-corrected chi connectivity index (χ4v) is 2.49. The summed E-state index contributed by atoms with van der Waals surface area (Å²) in [5, 5.41) is 3.57. The van der Waals surface area contributed by atoms with E-state index in [1.54, 1.807) is 0 Å². The van der Waals surface area contributed by atoms with Crippen molar-refractivity contribution < 1.29 is 4.74 Å². The average molecular weight is 276 g/mol. The van der Waals surface area contributed by atoms with E-state index in [0.29, 0.717) is 12.0 Å². The lowest BCUT2D eigenvalue weighted by Crippen LogP contribution is -2.18. The van der Waals surface area contributed by atoms with E-state index in [1.165, 1.54) is 36.8 Å². The molecular formula is C17H28N2O. The number of hydrogen-bond acceptors (Lipinski definition) is 3. The molecule has 1 aromatic heterocycles. The van der Waals surface area contributed by atoms with Crippen LogP contribution in [0.2, 0.25) is 0 Å². The second kappa shape index (κ2) is 7.07. The molecule has 0 saturated heterocycles. The maximum atomic E-state index is 6.01. The van der Waals surface area contributed by atoms with E-state index in [9.17, 15) is 0 Å². The van der Waals surface area contributed by atoms with Crippen LogP contribution in [0, 0.1) is 19.8 Å². The molecular weight excluding hydrogens is 248 g/mol. The largest absolute Gasteiger partial charge is 0.477 e. The van der Waals surface area contributed by atoms with Gasteiger partial charge in [-0.25, -0.2) is 4.98 Å². The quantitative estimate of drug-likeness (QED) is 0.785. The normalized spacial score (nSPS) is 16.2. The molecule has 0 aromatic carbocycles. The molecule has 0 bridgehead atoms. The van der Waals surface area contributed by atoms with E-state index in [1.807, 2.05) is 6.92 Å². The van der Waals surface area contributed by atoms with Gasteiger partial charge in [-0.3, -0.25) is 0 Å². The lowest BCUT2D eigenvalue weighted by atomic mass is 10.1. The zero-order valence-corrected chi connectivity index (χ0v) is 13.3. The lowest BCUT2D eigenvalue weighted by molar-refractivity contribution is 0.239. The number of aromatic nitrogens is 1. The summed E-state index contributed by atoms with van der Waals surface area (Å²) < 4.78 is 6.01. The Morgan fingerprint density at radius 2 is 2.15 bits per heavy atom. The van der Waals surface area contributed by atoms with Gasteiger partial charge >= 0.3 is 0 Å². The number of ether oxygens (including phenoxy) is 1. The maximum Gasteiger partial charge on any atom is 0.218 e. The van der Waals surface area contributed by atoms with Gasteiger partial charge in [-0.05, 0) is 50.7 Å². The minimum Gasteiger partial charge on any atom is -0.477 e. The van der Waals surface area contributed by atoms with Crippen LogP contribution in [0.3, 0.4) is 0 Å². The molecule has 1 unspecified atom stereocenters. The molecule has 0 radical (unpaired) electrons. The van der Waals surface area contributed by atoms with Gasteiger partial charge in [0.1, 0.15) is 0 Å². The summed E-state index contributed by atoms with van der Waals surface area (Å²) in [4.78, 5) is 4.60. The Hall–Kier alpha value is -1.09. The van der Waals surface area contributed by atoms with Crippen molar-refractivity contribution in [3.05, 3.63) is 22.9 Å². The first kappa shape index (κ1) is 15.3. The molecule has 1 aliphatic rings. The van der Waals surface area contributed by atoms with E-state index in [2.05, 4.69) is 37.1 Å². The third-order valence-corrected chi connectivity index (χ3v) is 3.87. The van der Waals surface area contributed by atoms with E-state index in [4.69, 9.17) is 4.74 Å². The summed E-state index contributed by atoms with van der Waals surface area (Å²) in [5.41, 5.74) is 3.55. The summed E-state index contributed by atoms with van der Waals surface area (Å²) >= 11 is 0. The first-order valence-corrected chi connectivity index (χ1v) is 7.93. The molecule has 2 rings (SSSR count). The number of hydrogen-bond donors (Lipinski definition) is 1. The van der Waals surface area contributed by atoms with Crippen molar-refractivity contribution in [3.8, 4) is 5.88 Å². The third-order valence-electron chi connectivity index (χ3n) is 3.87. The van der Waals surface area contributed by atoms with Crippen LogP contribution in [-0.2, 0) is 6.54 Å². The molecule has 1 N–H and O–H groups in total. The second-order valence-electron chi connectivity index (χ2n) is 6.22. The van der Waals surface area contributed by atoms with Crippen LogP contribution < -0.4 is 10.1 Å². The lowest BCUT2D eigenvalue weighted by Gasteiger charge is -2.17. The van der Waals surface area contributed by atoms with E-state index < -0.39 is 0 Å². The second-order valence-corrected chi connectivity index (χ2v) is 6.22. The van der Waals surface area contributed by atoms with Crippen LogP contribution in [-0.4, -0.2) is 17.6 Å². The van der Waals surface area contributed by atoms with Crippen LogP contribution in [0.25, 0.3) is 0 Å². The first-order chi connectivity index (χ1) is 9.60. The minimum absolute atomic E-state index is 0.590. The summed E-state index contributed by atoms with van der Waals surface area (Å²) in [6.07, 6.45) is 5.03. The van der Waals surface area contributed by atoms with E-state index in [0.717, 1.165) is 24.7 Å². The van der Waals surface area contributed by atoms with Crippen molar-refractivity contribution in [1.29, 1.82) is 0 Å². The van der Waals surface area contributed by atoms with Gasteiger partial charge in [0.25, 0.3) is 0 Å². The molecule has 1 saturated carbocycles. The standard InChI is InChI=1S/C17H28N2O/c1-5-6-12(2)11-20-17-16(10-18-15-7-8-15)13(3)9-14(4)19-17/h9,12,15,18H,5-8,10-11H2,1-4H3. The summed E-state index contributed by atoms with van der Waals surface area (Å²) in [5.74, 6) is 1.42. The van der Waals surface area contributed by atoms with Crippen molar-refractivity contribution in [2.45, 2.75) is 66.0 Å². The number of pyridine rings is 1. The van der Waals surface area contributed by atoms with Crippen LogP contribution in [0.4, 0.5) is 0 Å². The zero-order valence-electron chi connectivity index (χ0n) is 13.3. The van der Waals surface area contributed by atoms with Crippen LogP contribution >= 0.6 is 0 Å². The molecule has 1 aromatic rings. The average Bonchev–Trinajstić information content (AvgIpc) is 3.19. The smallest absolute Gasteiger partial charge is 0.218 e. The summed E-state index contributed by atoms with van der Waals surface area (Å²) in [6.45, 7) is 10.3. The molecule has 3 nitrogen and oxygen atoms in total. The van der Waals surface area contributed by atoms with Crippen LogP contribution in [0.1, 0.15) is 56.4 Å². The molecule has 3 heteroatoms. The molecule has 112 valence electrons. The highest BCUT2D eigenvalue weighted by atomic mass is 16.5. The van der Waals surface area contributed by atoms with Gasteiger partial charge in [0, 0.05) is 23.8 Å². The Kier molecular flexibility index (Phi) is 5.41. The van der Waals surface area contributed by atoms with E-state index in [-0.39, 0.29) is 0 Å². The predicted molar refractivity (Wildman–Crippen MR) is 83.1 cm³/mol. The number of aryl methyl sites for hydroxylation is 2. The molecule has 1 heterocycles. The molecule has 1 atom stereocenters. The first-order valence-electron chi connectivity index (χ1n) is 7.93. The van der Waals surface area contributed by atoms with Crippen LogP contribution in [0.5, 0.6) is 5.88 Å². The van der Waals surface area contributed by atoms with Gasteiger partial charge < -0.3 is 10.1 Å². The number of nitrogens with one attached hydrogen (secondary N) is 1. The Bertz CT molecular complexity index is 441. The van der Waals surface area contributed by atoms with Gasteiger partial charge in [0.05, 0.1) is 6.61 Å². The highest BCUT2D eigenvalue weighted by Gasteiger charge is 2.21. The maximum absolute atomic E-state index is 6.01. The van der Waals surface area contributed by atoms with Gasteiger partial charge in [-0.15, -0.1) is 0 Å². The fraction of sp³-hybridized carbons (Fsp3) is 0.706. The van der Waals surface area contributed by atoms with E-state index >= 15 is 0 Å². The molecule has 20 heavy (non-hydrogen) atoms. The Morgan fingerprint density at radius 3 is 2.80 bits per heavy atom. The minimum atomic E-state index is 0.590. The number of nitrogens with zero attached hydrogens (tertiary/aromatic N) is 1. The fourth-order valence-electron chi connectivity index (χ4n) is 2.49. The third kappa shape index (κ3) is 4.48.